The molecule has 0 fully saturated rings. The molecule has 0 atom stereocenters. The van der Waals surface area contributed by atoms with Gasteiger partial charge in [0.1, 0.15) is 11.5 Å². The summed E-state index contributed by atoms with van der Waals surface area (Å²) in [5, 5.41) is 0. The Balaban J connectivity index is 1.22. The number of para-hydroxylation sites is 5. The summed E-state index contributed by atoms with van der Waals surface area (Å²) in [6, 6.07) is 45.6. The molecule has 0 unspecified atom stereocenters. The molecule has 2 aliphatic heterocycles. The van der Waals surface area contributed by atoms with Gasteiger partial charge in [-0.1, -0.05) is 126 Å². The Hall–Kier alpha value is -5.22. The Morgan fingerprint density at radius 1 is 0.469 bits per heavy atom. The minimum absolute atomic E-state index is 0.0915. The predicted molar refractivity (Wildman–Crippen MR) is 207 cm³/mol. The first-order valence-electron chi connectivity index (χ1n) is 17.6. The van der Waals surface area contributed by atoms with Crippen LogP contribution in [0.2, 0.25) is 0 Å². The quantitative estimate of drug-likeness (QED) is 0.169. The third kappa shape index (κ3) is 5.40. The van der Waals surface area contributed by atoms with Crippen molar-refractivity contribution in [3.05, 3.63) is 144 Å². The fraction of sp³-hybridized carbons (Fsp3) is 0.200. The highest BCUT2D eigenvalue weighted by Crippen LogP contribution is 2.50. The molecule has 3 nitrogen and oxygen atoms in total. The lowest BCUT2D eigenvalue weighted by Gasteiger charge is -2.33. The van der Waals surface area contributed by atoms with Crippen molar-refractivity contribution in [1.29, 1.82) is 0 Å². The number of benzene rings is 6. The summed E-state index contributed by atoms with van der Waals surface area (Å²) in [6.45, 7) is 14.0. The van der Waals surface area contributed by atoms with Gasteiger partial charge in [0, 0.05) is 5.69 Å². The van der Waals surface area contributed by atoms with Crippen molar-refractivity contribution in [3.8, 4) is 34.1 Å². The fourth-order valence-electron chi connectivity index (χ4n) is 7.58. The van der Waals surface area contributed by atoms with Gasteiger partial charge >= 0.3 is 0 Å². The molecule has 0 aromatic heterocycles. The van der Waals surface area contributed by atoms with Crippen LogP contribution in [-0.2, 0) is 0 Å². The van der Waals surface area contributed by atoms with Crippen LogP contribution in [-0.4, -0.2) is 6.71 Å². The van der Waals surface area contributed by atoms with Gasteiger partial charge in [-0.15, -0.1) is 0 Å². The maximum absolute atomic E-state index is 6.73. The molecule has 2 aliphatic rings. The zero-order valence-corrected chi connectivity index (χ0v) is 29.2. The SMILES string of the molecule is CC(C)c1cc(C(C)C)c(B2c3ccccc3Oc3cc(-c4ccc(N5c6ccccc6Oc6ccccc65)cc4)ccc32)c(C(C)C)c1. The van der Waals surface area contributed by atoms with E-state index >= 15 is 0 Å². The van der Waals surface area contributed by atoms with E-state index in [4.69, 9.17) is 9.47 Å². The zero-order valence-electron chi connectivity index (χ0n) is 29.2. The second-order valence-electron chi connectivity index (χ2n) is 14.3. The van der Waals surface area contributed by atoms with E-state index in [1.807, 2.05) is 24.3 Å². The van der Waals surface area contributed by atoms with Crippen molar-refractivity contribution in [3.63, 3.8) is 0 Å². The van der Waals surface area contributed by atoms with E-state index in [0.717, 1.165) is 51.2 Å². The van der Waals surface area contributed by atoms with Crippen molar-refractivity contribution in [2.45, 2.75) is 59.3 Å². The summed E-state index contributed by atoms with van der Waals surface area (Å²) in [5.41, 5.74) is 13.6. The Morgan fingerprint density at radius 3 is 1.57 bits per heavy atom. The molecule has 0 amide bonds. The van der Waals surface area contributed by atoms with Crippen molar-refractivity contribution >= 4 is 40.2 Å². The van der Waals surface area contributed by atoms with Gasteiger partial charge in [0.25, 0.3) is 6.71 Å². The number of hydrogen-bond donors (Lipinski definition) is 0. The molecular weight excluding hydrogens is 597 g/mol. The summed E-state index contributed by atoms with van der Waals surface area (Å²) < 4.78 is 13.0. The van der Waals surface area contributed by atoms with Gasteiger partial charge in [-0.2, -0.15) is 0 Å². The van der Waals surface area contributed by atoms with Crippen LogP contribution in [0.3, 0.4) is 0 Å². The minimum atomic E-state index is 0.0915. The maximum Gasteiger partial charge on any atom is 0.251 e. The Bertz CT molecular complexity index is 2110. The standard InChI is InChI=1S/C45H42BNO2/c1-28(2)33-25-35(29(3)4)45(36(26-33)30(5)6)46-37-13-7-10-16-41(37)48-44-27-32(21-24-38(44)46)31-19-22-34(23-20-31)47-39-14-8-11-17-42(39)49-43-18-12-9-15-40(43)47/h7-30H,1-6H3. The minimum Gasteiger partial charge on any atom is -0.458 e. The smallest absolute Gasteiger partial charge is 0.251 e. The summed E-state index contributed by atoms with van der Waals surface area (Å²) >= 11 is 0. The van der Waals surface area contributed by atoms with E-state index in [2.05, 4.69) is 150 Å². The topological polar surface area (TPSA) is 21.7 Å². The van der Waals surface area contributed by atoms with Crippen LogP contribution >= 0.6 is 0 Å². The molecule has 242 valence electrons. The normalized spacial score (nSPS) is 13.1. The summed E-state index contributed by atoms with van der Waals surface area (Å²) in [4.78, 5) is 2.28. The second-order valence-corrected chi connectivity index (χ2v) is 14.3. The average Bonchev–Trinajstić information content (AvgIpc) is 3.12. The highest BCUT2D eigenvalue weighted by molar-refractivity contribution is 6.97. The number of rotatable bonds is 6. The van der Waals surface area contributed by atoms with E-state index in [-0.39, 0.29) is 6.71 Å². The summed E-state index contributed by atoms with van der Waals surface area (Å²) in [7, 11) is 0. The molecule has 0 aliphatic carbocycles. The van der Waals surface area contributed by atoms with Crippen LogP contribution < -0.4 is 30.8 Å². The van der Waals surface area contributed by atoms with Gasteiger partial charge in [0.15, 0.2) is 11.5 Å². The highest BCUT2D eigenvalue weighted by Gasteiger charge is 2.36. The van der Waals surface area contributed by atoms with Crippen LogP contribution in [0.1, 0.15) is 76.0 Å². The average molecular weight is 640 g/mol. The van der Waals surface area contributed by atoms with Gasteiger partial charge in [-0.3, -0.25) is 0 Å². The fourth-order valence-corrected chi connectivity index (χ4v) is 7.58. The van der Waals surface area contributed by atoms with Crippen molar-refractivity contribution < 1.29 is 9.47 Å². The first kappa shape index (κ1) is 31.1. The van der Waals surface area contributed by atoms with E-state index in [9.17, 15) is 0 Å². The highest BCUT2D eigenvalue weighted by atomic mass is 16.5. The zero-order chi connectivity index (χ0) is 33.8. The molecule has 0 saturated heterocycles. The van der Waals surface area contributed by atoms with Gasteiger partial charge in [-0.05, 0) is 105 Å². The third-order valence-electron chi connectivity index (χ3n) is 10.1. The molecule has 0 saturated carbocycles. The van der Waals surface area contributed by atoms with Crippen molar-refractivity contribution in [2.24, 2.45) is 0 Å². The number of hydrogen-bond acceptors (Lipinski definition) is 3. The molecule has 49 heavy (non-hydrogen) atoms. The number of anilines is 3. The molecule has 0 radical (unpaired) electrons. The van der Waals surface area contributed by atoms with Gasteiger partial charge < -0.3 is 14.4 Å². The van der Waals surface area contributed by atoms with E-state index < -0.39 is 0 Å². The number of ether oxygens (including phenoxy) is 2. The predicted octanol–water partition coefficient (Wildman–Crippen LogP) is 10.9. The molecule has 0 spiro atoms. The lowest BCUT2D eigenvalue weighted by molar-refractivity contribution is 0.477. The Kier molecular flexibility index (Phi) is 7.83. The monoisotopic (exact) mass is 639 g/mol. The molecule has 0 N–H and O–H groups in total. The first-order chi connectivity index (χ1) is 23.8. The Labute approximate surface area is 291 Å². The molecule has 6 aromatic carbocycles. The van der Waals surface area contributed by atoms with E-state index in [1.54, 1.807) is 0 Å². The molecule has 4 heteroatoms. The van der Waals surface area contributed by atoms with Gasteiger partial charge in [0.05, 0.1) is 11.4 Å². The first-order valence-corrected chi connectivity index (χ1v) is 17.6. The van der Waals surface area contributed by atoms with Crippen LogP contribution in [0.5, 0.6) is 23.0 Å². The van der Waals surface area contributed by atoms with Crippen molar-refractivity contribution in [1.82, 2.24) is 0 Å². The van der Waals surface area contributed by atoms with Gasteiger partial charge in [-0.25, -0.2) is 0 Å². The van der Waals surface area contributed by atoms with E-state index in [0.29, 0.717) is 17.8 Å². The maximum atomic E-state index is 6.73. The van der Waals surface area contributed by atoms with Crippen LogP contribution in [0, 0.1) is 0 Å². The molecule has 6 aromatic rings. The summed E-state index contributed by atoms with van der Waals surface area (Å²) in [5.74, 6) is 4.84. The molecular formula is C45H42BNO2. The van der Waals surface area contributed by atoms with Crippen LogP contribution in [0.4, 0.5) is 17.1 Å². The molecule has 8 rings (SSSR count). The number of nitrogens with zero attached hydrogens (tertiary/aromatic N) is 1. The molecule has 0 bridgehead atoms. The second kappa shape index (κ2) is 12.3. The van der Waals surface area contributed by atoms with Gasteiger partial charge in [0.2, 0.25) is 0 Å². The number of fused-ring (bicyclic) bond motifs is 4. The Morgan fingerprint density at radius 2 is 0.980 bits per heavy atom. The lowest BCUT2D eigenvalue weighted by Crippen LogP contribution is -2.57. The largest absolute Gasteiger partial charge is 0.458 e. The van der Waals surface area contributed by atoms with E-state index in [1.165, 1.54) is 33.1 Å². The summed E-state index contributed by atoms with van der Waals surface area (Å²) in [6.07, 6.45) is 0. The lowest BCUT2D eigenvalue weighted by atomic mass is 9.34. The van der Waals surface area contributed by atoms with Crippen LogP contribution in [0.15, 0.2) is 127 Å². The van der Waals surface area contributed by atoms with Crippen molar-refractivity contribution in [2.75, 3.05) is 4.90 Å². The third-order valence-corrected chi connectivity index (χ3v) is 10.1. The van der Waals surface area contributed by atoms with Crippen LogP contribution in [0.25, 0.3) is 11.1 Å². The molecule has 2 heterocycles.